The van der Waals surface area contributed by atoms with Crippen molar-refractivity contribution in [3.63, 3.8) is 0 Å². The molecule has 2 rings (SSSR count). The molecule has 3 N–H and O–H groups in total. The van der Waals surface area contributed by atoms with E-state index in [-0.39, 0.29) is 18.1 Å². The van der Waals surface area contributed by atoms with E-state index in [0.717, 1.165) is 0 Å². The van der Waals surface area contributed by atoms with Crippen LogP contribution in [0.1, 0.15) is 16.8 Å². The van der Waals surface area contributed by atoms with Gasteiger partial charge in [-0.3, -0.25) is 14.5 Å². The Kier molecular flexibility index (Phi) is 7.83. The van der Waals surface area contributed by atoms with Gasteiger partial charge in [0.25, 0.3) is 0 Å². The fraction of sp³-hybridized carbons (Fsp3) is 0.556. The summed E-state index contributed by atoms with van der Waals surface area (Å²) in [6.07, 6.45) is 0.383. The molecule has 144 valence electrons. The van der Waals surface area contributed by atoms with Crippen molar-refractivity contribution in [2.45, 2.75) is 18.6 Å². The van der Waals surface area contributed by atoms with Crippen LogP contribution in [0.2, 0.25) is 0 Å². The predicted molar refractivity (Wildman–Crippen MR) is 96.1 cm³/mol. The SMILES string of the molecule is COCCN(C)CC(=O)N[C@@H]1CCOC[C@H]1Oc1ccc(C(N)=O)cc1. The molecule has 0 bridgehead atoms. The second-order valence-corrected chi connectivity index (χ2v) is 6.31. The van der Waals surface area contributed by atoms with Crippen LogP contribution in [-0.2, 0) is 14.3 Å². The Morgan fingerprint density at radius 1 is 1.35 bits per heavy atom. The van der Waals surface area contributed by atoms with Crippen molar-refractivity contribution in [3.05, 3.63) is 29.8 Å². The number of carbonyl (C=O) groups is 2. The number of methoxy groups -OCH3 is 1. The molecule has 0 spiro atoms. The molecule has 8 nitrogen and oxygen atoms in total. The summed E-state index contributed by atoms with van der Waals surface area (Å²) in [6, 6.07) is 6.46. The Balaban J connectivity index is 1.90. The molecule has 0 radical (unpaired) electrons. The van der Waals surface area contributed by atoms with E-state index in [9.17, 15) is 9.59 Å². The number of nitrogens with two attached hydrogens (primary N) is 1. The molecule has 1 aromatic rings. The molecule has 1 fully saturated rings. The lowest BCUT2D eigenvalue weighted by Crippen LogP contribution is -2.53. The van der Waals surface area contributed by atoms with Crippen molar-refractivity contribution in [1.29, 1.82) is 0 Å². The maximum atomic E-state index is 12.3. The number of hydrogen-bond donors (Lipinski definition) is 2. The molecule has 1 aromatic carbocycles. The zero-order valence-corrected chi connectivity index (χ0v) is 15.3. The average Bonchev–Trinajstić information content (AvgIpc) is 2.62. The van der Waals surface area contributed by atoms with Crippen LogP contribution in [0.15, 0.2) is 24.3 Å². The van der Waals surface area contributed by atoms with Crippen LogP contribution in [0.25, 0.3) is 0 Å². The summed E-state index contributed by atoms with van der Waals surface area (Å²) >= 11 is 0. The van der Waals surface area contributed by atoms with Crippen molar-refractivity contribution in [3.8, 4) is 5.75 Å². The quantitative estimate of drug-likeness (QED) is 0.639. The Bertz CT molecular complexity index is 593. The summed E-state index contributed by atoms with van der Waals surface area (Å²) in [7, 11) is 3.50. The maximum absolute atomic E-state index is 12.3. The largest absolute Gasteiger partial charge is 0.486 e. The van der Waals surface area contributed by atoms with Crippen molar-refractivity contribution < 1.29 is 23.8 Å². The van der Waals surface area contributed by atoms with Gasteiger partial charge in [0.15, 0.2) is 0 Å². The Hall–Kier alpha value is -2.16. The second kappa shape index (κ2) is 10.1. The Morgan fingerprint density at radius 2 is 2.08 bits per heavy atom. The first-order chi connectivity index (χ1) is 12.5. The zero-order valence-electron chi connectivity index (χ0n) is 15.3. The van der Waals surface area contributed by atoms with Crippen LogP contribution in [0, 0.1) is 0 Å². The highest BCUT2D eigenvalue weighted by molar-refractivity contribution is 5.92. The summed E-state index contributed by atoms with van der Waals surface area (Å²) in [5.41, 5.74) is 5.65. The summed E-state index contributed by atoms with van der Waals surface area (Å²) in [6.45, 7) is 2.52. The monoisotopic (exact) mass is 365 g/mol. The predicted octanol–water partition coefficient (Wildman–Crippen LogP) is 0.0162. The number of ether oxygens (including phenoxy) is 3. The van der Waals surface area contributed by atoms with E-state index in [0.29, 0.717) is 50.6 Å². The number of rotatable bonds is 9. The van der Waals surface area contributed by atoms with Gasteiger partial charge in [-0.15, -0.1) is 0 Å². The molecular weight excluding hydrogens is 338 g/mol. The minimum atomic E-state index is -0.486. The molecule has 2 amide bonds. The van der Waals surface area contributed by atoms with Crippen molar-refractivity contribution >= 4 is 11.8 Å². The average molecular weight is 365 g/mol. The lowest BCUT2D eigenvalue weighted by atomic mass is 10.1. The minimum absolute atomic E-state index is 0.0619. The summed E-state index contributed by atoms with van der Waals surface area (Å²) in [5.74, 6) is 0.0513. The first-order valence-electron chi connectivity index (χ1n) is 8.60. The number of amides is 2. The molecule has 1 saturated heterocycles. The van der Waals surface area contributed by atoms with Gasteiger partial charge in [-0.1, -0.05) is 0 Å². The van der Waals surface area contributed by atoms with Crippen LogP contribution >= 0.6 is 0 Å². The minimum Gasteiger partial charge on any atom is -0.486 e. The topological polar surface area (TPSA) is 103 Å². The molecule has 2 atom stereocenters. The Labute approximate surface area is 153 Å². The highest BCUT2D eigenvalue weighted by Gasteiger charge is 2.29. The molecule has 1 aliphatic rings. The first kappa shape index (κ1) is 20.2. The molecule has 8 heteroatoms. The third-order valence-corrected chi connectivity index (χ3v) is 4.17. The smallest absolute Gasteiger partial charge is 0.248 e. The van der Waals surface area contributed by atoms with E-state index in [1.54, 1.807) is 31.4 Å². The van der Waals surface area contributed by atoms with Gasteiger partial charge < -0.3 is 25.3 Å². The molecule has 0 saturated carbocycles. The lowest BCUT2D eigenvalue weighted by Gasteiger charge is -2.32. The van der Waals surface area contributed by atoms with Gasteiger partial charge in [0.05, 0.1) is 25.8 Å². The highest BCUT2D eigenvalue weighted by Crippen LogP contribution is 2.18. The lowest BCUT2D eigenvalue weighted by molar-refractivity contribution is -0.124. The fourth-order valence-electron chi connectivity index (χ4n) is 2.69. The molecule has 0 aromatic heterocycles. The van der Waals surface area contributed by atoms with Gasteiger partial charge in [0.2, 0.25) is 11.8 Å². The number of carbonyl (C=O) groups excluding carboxylic acids is 2. The van der Waals surface area contributed by atoms with Gasteiger partial charge in [-0.25, -0.2) is 0 Å². The molecule has 26 heavy (non-hydrogen) atoms. The molecular formula is C18H27N3O5. The van der Waals surface area contributed by atoms with E-state index in [1.807, 2.05) is 11.9 Å². The fourth-order valence-corrected chi connectivity index (χ4v) is 2.69. The van der Waals surface area contributed by atoms with E-state index in [2.05, 4.69) is 5.32 Å². The Morgan fingerprint density at radius 3 is 2.73 bits per heavy atom. The number of likely N-dealkylation sites (N-methyl/N-ethyl adjacent to an activating group) is 1. The van der Waals surface area contributed by atoms with E-state index >= 15 is 0 Å². The van der Waals surface area contributed by atoms with Crippen molar-refractivity contribution in [1.82, 2.24) is 10.2 Å². The number of nitrogens with zero attached hydrogens (tertiary/aromatic N) is 1. The third kappa shape index (κ3) is 6.29. The van der Waals surface area contributed by atoms with Crippen LogP contribution < -0.4 is 15.8 Å². The maximum Gasteiger partial charge on any atom is 0.248 e. The molecule has 0 unspecified atom stereocenters. The standard InChI is InChI=1S/C18H27N3O5/c1-21(8-10-24-2)11-17(22)20-15-7-9-25-12-16(15)26-14-5-3-13(4-6-14)18(19)23/h3-6,15-16H,7-12H2,1-2H3,(H2,19,23)(H,20,22)/t15-,16-/m1/s1. The highest BCUT2D eigenvalue weighted by atomic mass is 16.5. The number of nitrogens with one attached hydrogen (secondary N) is 1. The van der Waals surface area contributed by atoms with Crippen molar-refractivity contribution in [2.75, 3.05) is 47.1 Å². The van der Waals surface area contributed by atoms with Gasteiger partial charge >= 0.3 is 0 Å². The van der Waals surface area contributed by atoms with Crippen molar-refractivity contribution in [2.24, 2.45) is 5.73 Å². The molecule has 0 aliphatic carbocycles. The molecule has 1 heterocycles. The zero-order chi connectivity index (χ0) is 18.9. The summed E-state index contributed by atoms with van der Waals surface area (Å²) < 4.78 is 16.4. The van der Waals surface area contributed by atoms with Crippen LogP contribution in [0.5, 0.6) is 5.75 Å². The number of primary amides is 1. The van der Waals surface area contributed by atoms with Gasteiger partial charge in [-0.05, 0) is 37.7 Å². The normalized spacial score (nSPS) is 20.0. The van der Waals surface area contributed by atoms with Crippen LogP contribution in [0.4, 0.5) is 0 Å². The molecule has 1 aliphatic heterocycles. The van der Waals surface area contributed by atoms with Gasteiger partial charge in [-0.2, -0.15) is 0 Å². The van der Waals surface area contributed by atoms with Crippen LogP contribution in [-0.4, -0.2) is 75.9 Å². The first-order valence-corrected chi connectivity index (χ1v) is 8.60. The van der Waals surface area contributed by atoms with E-state index < -0.39 is 5.91 Å². The van der Waals surface area contributed by atoms with Gasteiger partial charge in [0, 0.05) is 25.8 Å². The second-order valence-electron chi connectivity index (χ2n) is 6.31. The third-order valence-electron chi connectivity index (χ3n) is 4.17. The summed E-state index contributed by atoms with van der Waals surface area (Å²) in [4.78, 5) is 25.3. The van der Waals surface area contributed by atoms with E-state index in [1.165, 1.54) is 0 Å². The number of hydrogen-bond acceptors (Lipinski definition) is 6. The number of benzene rings is 1. The van der Waals surface area contributed by atoms with Crippen LogP contribution in [0.3, 0.4) is 0 Å². The van der Waals surface area contributed by atoms with Gasteiger partial charge in [0.1, 0.15) is 11.9 Å². The summed E-state index contributed by atoms with van der Waals surface area (Å²) in [5, 5.41) is 3.03. The van der Waals surface area contributed by atoms with E-state index in [4.69, 9.17) is 19.9 Å².